The molecule has 0 bridgehead atoms. The standard InChI is InChI=1S/C15H16N2O/c18-15(12-7-4-8-13(12)15)14-9-10-17(16-14)11-5-2-1-3-6-11/h1-3,5-6,9-10,12-13,18H,4,7-8H2. The number of aromatic nitrogens is 2. The first kappa shape index (κ1) is 10.3. The molecule has 4 rings (SSSR count). The molecular formula is C15H16N2O. The Bertz CT molecular complexity index is 565. The molecule has 0 amide bonds. The second kappa shape index (κ2) is 3.45. The molecule has 2 fully saturated rings. The molecule has 2 unspecified atom stereocenters. The van der Waals surface area contributed by atoms with E-state index < -0.39 is 5.60 Å². The Morgan fingerprint density at radius 3 is 2.56 bits per heavy atom. The van der Waals surface area contributed by atoms with Gasteiger partial charge in [-0.3, -0.25) is 0 Å². The summed E-state index contributed by atoms with van der Waals surface area (Å²) in [5.74, 6) is 0.910. The van der Waals surface area contributed by atoms with Gasteiger partial charge in [-0.25, -0.2) is 4.68 Å². The van der Waals surface area contributed by atoms with Crippen LogP contribution in [0, 0.1) is 11.8 Å². The lowest BCUT2D eigenvalue weighted by atomic mass is 10.1. The highest BCUT2D eigenvalue weighted by Gasteiger charge is 2.67. The highest BCUT2D eigenvalue weighted by molar-refractivity contribution is 5.33. The summed E-state index contributed by atoms with van der Waals surface area (Å²) in [6.07, 6.45) is 5.51. The van der Waals surface area contributed by atoms with Crippen molar-refractivity contribution in [1.29, 1.82) is 0 Å². The van der Waals surface area contributed by atoms with Gasteiger partial charge in [0, 0.05) is 6.20 Å². The van der Waals surface area contributed by atoms with Crippen molar-refractivity contribution in [3.8, 4) is 5.69 Å². The Morgan fingerprint density at radius 1 is 1.11 bits per heavy atom. The number of rotatable bonds is 2. The van der Waals surface area contributed by atoms with Crippen molar-refractivity contribution >= 4 is 0 Å². The summed E-state index contributed by atoms with van der Waals surface area (Å²) < 4.78 is 1.85. The maximum atomic E-state index is 10.7. The molecule has 0 aliphatic heterocycles. The highest BCUT2D eigenvalue weighted by Crippen LogP contribution is 2.65. The topological polar surface area (TPSA) is 38.0 Å². The molecule has 3 heteroatoms. The molecule has 3 nitrogen and oxygen atoms in total. The number of hydrogen-bond acceptors (Lipinski definition) is 2. The lowest BCUT2D eigenvalue weighted by Crippen LogP contribution is -2.14. The largest absolute Gasteiger partial charge is 0.383 e. The molecule has 0 saturated heterocycles. The number of hydrogen-bond donors (Lipinski definition) is 1. The van der Waals surface area contributed by atoms with Gasteiger partial charge < -0.3 is 5.11 Å². The zero-order chi connectivity index (χ0) is 12.2. The van der Waals surface area contributed by atoms with Crippen molar-refractivity contribution in [2.75, 3.05) is 0 Å². The predicted octanol–water partition coefficient (Wildman–Crippen LogP) is 2.49. The van der Waals surface area contributed by atoms with E-state index in [1.54, 1.807) is 0 Å². The number of fused-ring (bicyclic) bond motifs is 1. The van der Waals surface area contributed by atoms with Gasteiger partial charge in [0.15, 0.2) is 0 Å². The Labute approximate surface area is 106 Å². The number of aliphatic hydroxyl groups is 1. The van der Waals surface area contributed by atoms with Crippen molar-refractivity contribution in [3.05, 3.63) is 48.3 Å². The average Bonchev–Trinajstić information content (AvgIpc) is 2.94. The Kier molecular flexibility index (Phi) is 1.98. The van der Waals surface area contributed by atoms with E-state index in [0.717, 1.165) is 24.2 Å². The van der Waals surface area contributed by atoms with Gasteiger partial charge in [0.1, 0.15) is 5.60 Å². The molecule has 1 aromatic carbocycles. The molecule has 1 heterocycles. The number of para-hydroxylation sites is 1. The van der Waals surface area contributed by atoms with Gasteiger partial charge in [-0.15, -0.1) is 0 Å². The second-order valence-corrected chi connectivity index (χ2v) is 5.45. The third-order valence-electron chi connectivity index (χ3n) is 4.56. The first-order valence-corrected chi connectivity index (χ1v) is 6.64. The summed E-state index contributed by atoms with van der Waals surface area (Å²) in [6.45, 7) is 0. The molecule has 2 atom stereocenters. The Balaban J connectivity index is 1.68. The fourth-order valence-electron chi connectivity index (χ4n) is 3.56. The molecule has 2 aliphatic carbocycles. The van der Waals surface area contributed by atoms with E-state index in [4.69, 9.17) is 0 Å². The lowest BCUT2D eigenvalue weighted by Gasteiger charge is -2.10. The zero-order valence-corrected chi connectivity index (χ0v) is 10.2. The molecule has 2 saturated carbocycles. The summed E-state index contributed by atoms with van der Waals surface area (Å²) in [5.41, 5.74) is 1.26. The van der Waals surface area contributed by atoms with Gasteiger partial charge in [0.05, 0.1) is 11.4 Å². The van der Waals surface area contributed by atoms with E-state index in [0.29, 0.717) is 11.8 Å². The van der Waals surface area contributed by atoms with E-state index in [9.17, 15) is 5.11 Å². The molecular weight excluding hydrogens is 224 g/mol. The van der Waals surface area contributed by atoms with E-state index in [1.165, 1.54) is 6.42 Å². The zero-order valence-electron chi connectivity index (χ0n) is 10.2. The average molecular weight is 240 g/mol. The minimum absolute atomic E-state index is 0.455. The van der Waals surface area contributed by atoms with Crippen molar-refractivity contribution in [2.45, 2.75) is 24.9 Å². The maximum Gasteiger partial charge on any atom is 0.115 e. The van der Waals surface area contributed by atoms with Gasteiger partial charge in [-0.2, -0.15) is 5.10 Å². The number of nitrogens with zero attached hydrogens (tertiary/aromatic N) is 2. The smallest absolute Gasteiger partial charge is 0.115 e. The Hall–Kier alpha value is -1.61. The number of benzene rings is 1. The van der Waals surface area contributed by atoms with Crippen molar-refractivity contribution in [3.63, 3.8) is 0 Å². The van der Waals surface area contributed by atoms with Gasteiger partial charge >= 0.3 is 0 Å². The quantitative estimate of drug-likeness (QED) is 0.875. The van der Waals surface area contributed by atoms with Crippen LogP contribution < -0.4 is 0 Å². The summed E-state index contributed by atoms with van der Waals surface area (Å²) in [4.78, 5) is 0. The van der Waals surface area contributed by atoms with E-state index in [2.05, 4.69) is 5.10 Å². The molecule has 0 radical (unpaired) electrons. The van der Waals surface area contributed by atoms with Crippen molar-refractivity contribution < 1.29 is 5.11 Å². The van der Waals surface area contributed by atoms with Crippen molar-refractivity contribution in [2.24, 2.45) is 11.8 Å². The fourth-order valence-corrected chi connectivity index (χ4v) is 3.56. The summed E-state index contributed by atoms with van der Waals surface area (Å²) in [6, 6.07) is 12.0. The van der Waals surface area contributed by atoms with E-state index in [-0.39, 0.29) is 0 Å². The van der Waals surface area contributed by atoms with Crippen LogP contribution >= 0.6 is 0 Å². The molecule has 1 aromatic heterocycles. The van der Waals surface area contributed by atoms with Crippen LogP contribution in [-0.4, -0.2) is 14.9 Å². The second-order valence-electron chi connectivity index (χ2n) is 5.45. The van der Waals surface area contributed by atoms with Gasteiger partial charge in [-0.1, -0.05) is 24.6 Å². The lowest BCUT2D eigenvalue weighted by molar-refractivity contribution is 0.100. The molecule has 0 spiro atoms. The maximum absolute atomic E-state index is 10.7. The molecule has 1 N–H and O–H groups in total. The summed E-state index contributed by atoms with van der Waals surface area (Å²) >= 11 is 0. The van der Waals surface area contributed by atoms with Crippen LogP contribution in [0.3, 0.4) is 0 Å². The van der Waals surface area contributed by atoms with Crippen molar-refractivity contribution in [1.82, 2.24) is 9.78 Å². The SMILES string of the molecule is OC1(c2ccn(-c3ccccc3)n2)C2CCCC21. The van der Waals surface area contributed by atoms with Crippen LogP contribution in [0.1, 0.15) is 25.0 Å². The molecule has 18 heavy (non-hydrogen) atoms. The monoisotopic (exact) mass is 240 g/mol. The molecule has 2 aromatic rings. The first-order chi connectivity index (χ1) is 8.80. The highest BCUT2D eigenvalue weighted by atomic mass is 16.3. The van der Waals surface area contributed by atoms with Crippen LogP contribution in [0.4, 0.5) is 0 Å². The van der Waals surface area contributed by atoms with Crippen LogP contribution in [0.25, 0.3) is 5.69 Å². The minimum atomic E-state index is -0.627. The van der Waals surface area contributed by atoms with Gasteiger partial charge in [-0.05, 0) is 42.9 Å². The fraction of sp³-hybridized carbons (Fsp3) is 0.400. The predicted molar refractivity (Wildman–Crippen MR) is 68.3 cm³/mol. The normalized spacial score (nSPS) is 33.4. The minimum Gasteiger partial charge on any atom is -0.383 e. The van der Waals surface area contributed by atoms with Gasteiger partial charge in [0.25, 0.3) is 0 Å². The van der Waals surface area contributed by atoms with Crippen LogP contribution in [-0.2, 0) is 5.60 Å². The van der Waals surface area contributed by atoms with Crippen LogP contribution in [0.5, 0.6) is 0 Å². The molecule has 92 valence electrons. The Morgan fingerprint density at radius 2 is 1.83 bits per heavy atom. The third kappa shape index (κ3) is 1.25. The third-order valence-corrected chi connectivity index (χ3v) is 4.56. The van der Waals surface area contributed by atoms with Crippen LogP contribution in [0.15, 0.2) is 42.6 Å². The summed E-state index contributed by atoms with van der Waals surface area (Å²) in [7, 11) is 0. The van der Waals surface area contributed by atoms with E-state index in [1.807, 2.05) is 47.3 Å². The van der Waals surface area contributed by atoms with Crippen LogP contribution in [0.2, 0.25) is 0 Å². The summed E-state index contributed by atoms with van der Waals surface area (Å²) in [5, 5.41) is 15.2. The molecule has 2 aliphatic rings. The van der Waals surface area contributed by atoms with E-state index >= 15 is 0 Å². The first-order valence-electron chi connectivity index (χ1n) is 6.64. The van der Waals surface area contributed by atoms with Gasteiger partial charge in [0.2, 0.25) is 0 Å².